The number of hydrogen-bond donors (Lipinski definition) is 1. The third-order valence-electron chi connectivity index (χ3n) is 6.32. The highest BCUT2D eigenvalue weighted by molar-refractivity contribution is 14.0. The minimum absolute atomic E-state index is 0. The van der Waals surface area contributed by atoms with Crippen LogP contribution in [0, 0.1) is 5.92 Å². The summed E-state index contributed by atoms with van der Waals surface area (Å²) >= 11 is 0. The molecule has 4 rings (SSSR count). The molecule has 2 aromatic carbocycles. The fraction of sp³-hybridized carbons (Fsp3) is 0.542. The van der Waals surface area contributed by atoms with Crippen LogP contribution in [0.3, 0.4) is 0 Å². The molecule has 1 N–H and O–H groups in total. The van der Waals surface area contributed by atoms with Crippen LogP contribution in [0.15, 0.2) is 47.5 Å². The maximum atomic E-state index is 4.56. The van der Waals surface area contributed by atoms with E-state index in [1.807, 2.05) is 7.05 Å². The molecule has 0 saturated carbocycles. The molecule has 2 heterocycles. The Morgan fingerprint density at radius 3 is 2.66 bits per heavy atom. The van der Waals surface area contributed by atoms with Crippen molar-refractivity contribution in [1.29, 1.82) is 0 Å². The summed E-state index contributed by atoms with van der Waals surface area (Å²) in [5.74, 6) is 1.86. The Kier molecular flexibility index (Phi) is 8.60. The predicted molar refractivity (Wildman–Crippen MR) is 134 cm³/mol. The summed E-state index contributed by atoms with van der Waals surface area (Å²) in [5, 5.41) is 6.30. The van der Waals surface area contributed by atoms with Gasteiger partial charge in [0.2, 0.25) is 0 Å². The molecule has 1 atom stereocenters. The number of nitrogens with zero attached hydrogens (tertiary/aromatic N) is 3. The summed E-state index contributed by atoms with van der Waals surface area (Å²) in [4.78, 5) is 9.69. The average molecular weight is 506 g/mol. The molecule has 158 valence electrons. The lowest BCUT2D eigenvalue weighted by atomic mass is 10.0. The van der Waals surface area contributed by atoms with Crippen LogP contribution < -0.4 is 5.32 Å². The molecule has 1 unspecified atom stereocenters. The zero-order chi connectivity index (χ0) is 19.2. The van der Waals surface area contributed by atoms with Gasteiger partial charge in [0.1, 0.15) is 0 Å². The first kappa shape index (κ1) is 22.3. The predicted octanol–water partition coefficient (Wildman–Crippen LogP) is 4.38. The molecular weight excluding hydrogens is 471 g/mol. The highest BCUT2D eigenvalue weighted by Crippen LogP contribution is 2.21. The lowest BCUT2D eigenvalue weighted by Gasteiger charge is -2.29. The minimum atomic E-state index is 0. The zero-order valence-electron chi connectivity index (χ0n) is 17.6. The molecule has 2 aliphatic heterocycles. The smallest absolute Gasteiger partial charge is 0.193 e. The zero-order valence-corrected chi connectivity index (χ0v) is 20.0. The van der Waals surface area contributed by atoms with Gasteiger partial charge in [0.15, 0.2) is 5.96 Å². The van der Waals surface area contributed by atoms with Gasteiger partial charge in [-0.15, -0.1) is 24.0 Å². The van der Waals surface area contributed by atoms with Crippen molar-refractivity contribution < 1.29 is 0 Å². The van der Waals surface area contributed by atoms with Crippen molar-refractivity contribution >= 4 is 40.7 Å². The van der Waals surface area contributed by atoms with Crippen molar-refractivity contribution in [2.75, 3.05) is 46.3 Å². The second kappa shape index (κ2) is 11.2. The van der Waals surface area contributed by atoms with E-state index < -0.39 is 0 Å². The van der Waals surface area contributed by atoms with Crippen LogP contribution in [0.5, 0.6) is 0 Å². The van der Waals surface area contributed by atoms with E-state index in [4.69, 9.17) is 0 Å². The molecule has 29 heavy (non-hydrogen) atoms. The summed E-state index contributed by atoms with van der Waals surface area (Å²) in [5.41, 5.74) is 1.41. The minimum Gasteiger partial charge on any atom is -0.356 e. The van der Waals surface area contributed by atoms with E-state index in [2.05, 4.69) is 62.6 Å². The van der Waals surface area contributed by atoms with Crippen LogP contribution in [-0.4, -0.2) is 62.1 Å². The van der Waals surface area contributed by atoms with E-state index in [1.54, 1.807) is 0 Å². The summed E-state index contributed by atoms with van der Waals surface area (Å²) in [6.07, 6.45) is 6.49. The Labute approximate surface area is 192 Å². The number of likely N-dealkylation sites (tertiary alicyclic amines) is 2. The first-order chi connectivity index (χ1) is 13.8. The number of piperidine rings is 1. The van der Waals surface area contributed by atoms with E-state index in [-0.39, 0.29) is 24.0 Å². The van der Waals surface area contributed by atoms with Gasteiger partial charge in [-0.3, -0.25) is 4.99 Å². The molecule has 0 bridgehead atoms. The van der Waals surface area contributed by atoms with E-state index >= 15 is 0 Å². The van der Waals surface area contributed by atoms with Gasteiger partial charge in [-0.05, 0) is 61.0 Å². The molecule has 2 aliphatic rings. The molecule has 0 spiro atoms. The second-order valence-corrected chi connectivity index (χ2v) is 8.32. The van der Waals surface area contributed by atoms with Crippen molar-refractivity contribution in [2.45, 2.75) is 32.1 Å². The van der Waals surface area contributed by atoms with Gasteiger partial charge in [-0.25, -0.2) is 0 Å². The van der Waals surface area contributed by atoms with Gasteiger partial charge in [-0.2, -0.15) is 0 Å². The number of benzene rings is 2. The lowest BCUT2D eigenvalue weighted by molar-refractivity contribution is 0.198. The van der Waals surface area contributed by atoms with E-state index in [0.29, 0.717) is 0 Å². The first-order valence-corrected chi connectivity index (χ1v) is 11.0. The molecular formula is C24H35IN4. The molecule has 5 heteroatoms. The Bertz CT molecular complexity index is 795. The van der Waals surface area contributed by atoms with Crippen LogP contribution in [0.1, 0.15) is 31.2 Å². The van der Waals surface area contributed by atoms with Crippen LogP contribution in [0.2, 0.25) is 0 Å². The van der Waals surface area contributed by atoms with Crippen LogP contribution in [0.25, 0.3) is 10.8 Å². The standard InChI is InChI=1S/C24H34N4.HI/c1-25-24(28-17-13-20(19-28)18-27-15-5-2-6-16-27)26-14-12-22-10-7-9-21-8-3-4-11-23(21)22;/h3-4,7-11,20H,2,5-6,12-19H2,1H3,(H,25,26);1H. The van der Waals surface area contributed by atoms with Gasteiger partial charge < -0.3 is 15.1 Å². The van der Waals surface area contributed by atoms with Crippen molar-refractivity contribution in [3.05, 3.63) is 48.0 Å². The normalized spacial score (nSPS) is 20.7. The van der Waals surface area contributed by atoms with Crippen LogP contribution >= 0.6 is 24.0 Å². The largest absolute Gasteiger partial charge is 0.356 e. The number of halogens is 1. The third-order valence-corrected chi connectivity index (χ3v) is 6.32. The van der Waals surface area contributed by atoms with Crippen molar-refractivity contribution in [3.8, 4) is 0 Å². The molecule has 0 amide bonds. The Balaban J connectivity index is 0.00000240. The topological polar surface area (TPSA) is 30.9 Å². The van der Waals surface area contributed by atoms with Gasteiger partial charge >= 0.3 is 0 Å². The molecule has 0 aliphatic carbocycles. The SMILES string of the molecule is CN=C(NCCc1cccc2ccccc12)N1CCC(CN2CCCCC2)C1.I. The van der Waals surface area contributed by atoms with Crippen LogP contribution in [-0.2, 0) is 6.42 Å². The first-order valence-electron chi connectivity index (χ1n) is 11.0. The number of hydrogen-bond acceptors (Lipinski definition) is 2. The molecule has 0 aromatic heterocycles. The van der Waals surface area contributed by atoms with Gasteiger partial charge in [-0.1, -0.05) is 48.9 Å². The second-order valence-electron chi connectivity index (χ2n) is 8.32. The van der Waals surface area contributed by atoms with Crippen molar-refractivity contribution in [2.24, 2.45) is 10.9 Å². The quantitative estimate of drug-likeness (QED) is 0.371. The van der Waals surface area contributed by atoms with E-state index in [9.17, 15) is 0 Å². The summed E-state index contributed by atoms with van der Waals surface area (Å²) in [6, 6.07) is 15.3. The Hall–Kier alpha value is -1.34. The van der Waals surface area contributed by atoms with E-state index in [0.717, 1.165) is 37.9 Å². The van der Waals surface area contributed by atoms with Crippen molar-refractivity contribution in [1.82, 2.24) is 15.1 Å². The number of nitrogens with one attached hydrogen (secondary N) is 1. The highest BCUT2D eigenvalue weighted by atomic mass is 127. The van der Waals surface area contributed by atoms with E-state index in [1.165, 1.54) is 61.7 Å². The maximum absolute atomic E-state index is 4.56. The molecule has 2 saturated heterocycles. The fourth-order valence-electron chi connectivity index (χ4n) is 4.83. The van der Waals surface area contributed by atoms with Gasteiger partial charge in [0.05, 0.1) is 0 Å². The fourth-order valence-corrected chi connectivity index (χ4v) is 4.83. The van der Waals surface area contributed by atoms with Gasteiger partial charge in [0, 0.05) is 33.2 Å². The monoisotopic (exact) mass is 506 g/mol. The lowest BCUT2D eigenvalue weighted by Crippen LogP contribution is -2.42. The summed E-state index contributed by atoms with van der Waals surface area (Å²) < 4.78 is 0. The molecule has 4 nitrogen and oxygen atoms in total. The molecule has 2 fully saturated rings. The van der Waals surface area contributed by atoms with Crippen LogP contribution in [0.4, 0.5) is 0 Å². The number of guanidine groups is 1. The van der Waals surface area contributed by atoms with Crippen molar-refractivity contribution in [3.63, 3.8) is 0 Å². The number of fused-ring (bicyclic) bond motifs is 1. The number of aliphatic imine (C=N–C) groups is 1. The average Bonchev–Trinajstić information content (AvgIpc) is 3.20. The highest BCUT2D eigenvalue weighted by Gasteiger charge is 2.26. The number of rotatable bonds is 5. The maximum Gasteiger partial charge on any atom is 0.193 e. The van der Waals surface area contributed by atoms with Gasteiger partial charge in [0.25, 0.3) is 0 Å². The molecule has 2 aromatic rings. The summed E-state index contributed by atoms with van der Waals surface area (Å²) in [6.45, 7) is 7.07. The Morgan fingerprint density at radius 1 is 1.03 bits per heavy atom. The summed E-state index contributed by atoms with van der Waals surface area (Å²) in [7, 11) is 1.91. The third kappa shape index (κ3) is 5.85. The molecule has 0 radical (unpaired) electrons. The Morgan fingerprint density at radius 2 is 1.83 bits per heavy atom.